The third kappa shape index (κ3) is 3.84. The monoisotopic (exact) mass is 347 g/mol. The lowest BCUT2D eigenvalue weighted by Crippen LogP contribution is -2.40. The zero-order valence-electron chi connectivity index (χ0n) is 12.1. The molecule has 1 aromatic heterocycles. The van der Waals surface area contributed by atoms with E-state index in [9.17, 15) is 18.0 Å². The number of nitrogens with zero attached hydrogens (tertiary/aromatic N) is 1. The van der Waals surface area contributed by atoms with Gasteiger partial charge < -0.3 is 9.47 Å². The minimum atomic E-state index is -3.47. The fourth-order valence-electron chi connectivity index (χ4n) is 2.18. The maximum Gasteiger partial charge on any atom is 0.344 e. The summed E-state index contributed by atoms with van der Waals surface area (Å²) in [6.45, 7) is 0.111. The predicted octanol–water partition coefficient (Wildman–Crippen LogP) is 0.865. The molecule has 0 unspecified atom stereocenters. The van der Waals surface area contributed by atoms with Gasteiger partial charge in [-0.25, -0.2) is 13.2 Å². The van der Waals surface area contributed by atoms with E-state index in [0.717, 1.165) is 0 Å². The van der Waals surface area contributed by atoms with Crippen LogP contribution in [0.2, 0.25) is 0 Å². The number of rotatable bonds is 5. The molecule has 1 fully saturated rings. The third-order valence-electron chi connectivity index (χ3n) is 3.44. The van der Waals surface area contributed by atoms with E-state index in [1.165, 1.54) is 22.8 Å². The number of hydrogen-bond acceptors (Lipinski definition) is 7. The zero-order valence-corrected chi connectivity index (χ0v) is 13.7. The zero-order chi connectivity index (χ0) is 16.2. The Morgan fingerprint density at radius 2 is 2.05 bits per heavy atom. The molecule has 1 aliphatic heterocycles. The Balaban J connectivity index is 1.88. The molecular formula is C13H17NO6S2. The Morgan fingerprint density at radius 1 is 1.36 bits per heavy atom. The molecule has 0 saturated carbocycles. The highest BCUT2D eigenvalue weighted by Crippen LogP contribution is 2.26. The average Bonchev–Trinajstić information content (AvgIpc) is 3.07. The van der Waals surface area contributed by atoms with Crippen molar-refractivity contribution in [2.75, 3.05) is 26.8 Å². The molecule has 0 N–H and O–H groups in total. The first kappa shape index (κ1) is 16.9. The molecule has 22 heavy (non-hydrogen) atoms. The molecule has 7 nitrogen and oxygen atoms in total. The molecule has 1 aromatic rings. The van der Waals surface area contributed by atoms with Gasteiger partial charge in [0.2, 0.25) is 0 Å². The summed E-state index contributed by atoms with van der Waals surface area (Å²) in [5, 5.41) is 1.71. The normalized spacial score (nSPS) is 17.1. The van der Waals surface area contributed by atoms with E-state index in [2.05, 4.69) is 4.74 Å². The number of piperidine rings is 1. The van der Waals surface area contributed by atoms with Gasteiger partial charge in [-0.05, 0) is 24.3 Å². The first-order valence-corrected chi connectivity index (χ1v) is 9.04. The van der Waals surface area contributed by atoms with Crippen LogP contribution in [0.4, 0.5) is 0 Å². The van der Waals surface area contributed by atoms with Gasteiger partial charge >= 0.3 is 11.9 Å². The standard InChI is InChI=1S/C13H17NO6S2/c1-19-11(15)9-20-13(16)10-4-6-14(7-5-10)22(17,18)12-3-2-8-21-12/h2-3,8,10H,4-7,9H2,1H3. The minimum absolute atomic E-state index is 0.262. The summed E-state index contributed by atoms with van der Waals surface area (Å²) in [6, 6.07) is 3.26. The maximum absolute atomic E-state index is 12.3. The number of carbonyl (C=O) groups is 2. The molecule has 0 aliphatic carbocycles. The lowest BCUT2D eigenvalue weighted by atomic mass is 9.98. The van der Waals surface area contributed by atoms with E-state index in [4.69, 9.17) is 4.74 Å². The molecule has 0 amide bonds. The van der Waals surface area contributed by atoms with Crippen molar-refractivity contribution in [2.45, 2.75) is 17.1 Å². The Kier molecular flexibility index (Phi) is 5.54. The maximum atomic E-state index is 12.3. The molecule has 1 aliphatic rings. The molecule has 0 aromatic carbocycles. The van der Waals surface area contributed by atoms with E-state index in [1.54, 1.807) is 17.5 Å². The number of methoxy groups -OCH3 is 1. The Morgan fingerprint density at radius 3 is 2.59 bits per heavy atom. The summed E-state index contributed by atoms with van der Waals surface area (Å²) >= 11 is 1.17. The van der Waals surface area contributed by atoms with Crippen LogP contribution in [-0.2, 0) is 29.1 Å². The molecule has 2 rings (SSSR count). The molecular weight excluding hydrogens is 330 g/mol. The van der Waals surface area contributed by atoms with Crippen molar-refractivity contribution < 1.29 is 27.5 Å². The first-order chi connectivity index (χ1) is 10.4. The van der Waals surface area contributed by atoms with Crippen LogP contribution in [0.15, 0.2) is 21.7 Å². The van der Waals surface area contributed by atoms with Crippen molar-refractivity contribution in [3.63, 3.8) is 0 Å². The number of ether oxygens (including phenoxy) is 2. The van der Waals surface area contributed by atoms with Crippen molar-refractivity contribution in [1.29, 1.82) is 0 Å². The van der Waals surface area contributed by atoms with E-state index >= 15 is 0 Å². The molecule has 9 heteroatoms. The second-order valence-electron chi connectivity index (χ2n) is 4.79. The number of thiophene rings is 1. The third-order valence-corrected chi connectivity index (χ3v) is 6.71. The highest BCUT2D eigenvalue weighted by molar-refractivity contribution is 7.91. The van der Waals surface area contributed by atoms with Crippen molar-refractivity contribution in [2.24, 2.45) is 5.92 Å². The molecule has 0 bridgehead atoms. The highest BCUT2D eigenvalue weighted by Gasteiger charge is 2.33. The lowest BCUT2D eigenvalue weighted by Gasteiger charge is -2.29. The molecule has 0 radical (unpaired) electrons. The van der Waals surface area contributed by atoms with Crippen LogP contribution in [0.1, 0.15) is 12.8 Å². The molecule has 2 heterocycles. The van der Waals surface area contributed by atoms with Gasteiger partial charge in [0.25, 0.3) is 10.0 Å². The van der Waals surface area contributed by atoms with Crippen molar-refractivity contribution >= 4 is 33.3 Å². The number of sulfonamides is 1. The van der Waals surface area contributed by atoms with Gasteiger partial charge in [0, 0.05) is 13.1 Å². The first-order valence-electron chi connectivity index (χ1n) is 6.72. The van der Waals surface area contributed by atoms with Crippen LogP contribution < -0.4 is 0 Å². The van der Waals surface area contributed by atoms with Gasteiger partial charge in [-0.3, -0.25) is 4.79 Å². The van der Waals surface area contributed by atoms with Gasteiger partial charge in [-0.2, -0.15) is 4.31 Å². The Hall–Kier alpha value is -1.45. The van der Waals surface area contributed by atoms with E-state index in [0.29, 0.717) is 17.1 Å². The summed E-state index contributed by atoms with van der Waals surface area (Å²) in [4.78, 5) is 22.7. The predicted molar refractivity (Wildman–Crippen MR) is 78.8 cm³/mol. The Labute approximate surface area is 132 Å². The Bertz CT molecular complexity index is 617. The van der Waals surface area contributed by atoms with Gasteiger partial charge in [0.1, 0.15) is 4.21 Å². The molecule has 0 atom stereocenters. The van der Waals surface area contributed by atoms with E-state index in [-0.39, 0.29) is 19.0 Å². The van der Waals surface area contributed by atoms with Crippen LogP contribution >= 0.6 is 11.3 Å². The van der Waals surface area contributed by atoms with Crippen LogP contribution in [0.25, 0.3) is 0 Å². The second-order valence-corrected chi connectivity index (χ2v) is 7.91. The van der Waals surface area contributed by atoms with Crippen LogP contribution in [0, 0.1) is 5.92 Å². The summed E-state index contributed by atoms with van der Waals surface area (Å²) in [5.74, 6) is -1.50. The molecule has 0 spiro atoms. The second kappa shape index (κ2) is 7.21. The SMILES string of the molecule is COC(=O)COC(=O)C1CCN(S(=O)(=O)c2cccs2)CC1. The fourth-order valence-corrected chi connectivity index (χ4v) is 4.79. The highest BCUT2D eigenvalue weighted by atomic mass is 32.2. The summed E-state index contributed by atoms with van der Waals surface area (Å²) in [7, 11) is -2.26. The molecule has 1 saturated heterocycles. The van der Waals surface area contributed by atoms with Crippen LogP contribution in [-0.4, -0.2) is 51.5 Å². The minimum Gasteiger partial charge on any atom is -0.466 e. The topological polar surface area (TPSA) is 90.0 Å². The summed E-state index contributed by atoms with van der Waals surface area (Å²) in [6.07, 6.45) is 0.759. The number of esters is 2. The van der Waals surface area contributed by atoms with Crippen LogP contribution in [0.3, 0.4) is 0 Å². The lowest BCUT2D eigenvalue weighted by molar-refractivity contribution is -0.160. The van der Waals surface area contributed by atoms with Crippen molar-refractivity contribution in [3.8, 4) is 0 Å². The van der Waals surface area contributed by atoms with E-state index in [1.807, 2.05) is 0 Å². The quantitative estimate of drug-likeness (QED) is 0.734. The van der Waals surface area contributed by atoms with Gasteiger partial charge in [-0.1, -0.05) is 6.07 Å². The number of carbonyl (C=O) groups excluding carboxylic acids is 2. The fraction of sp³-hybridized carbons (Fsp3) is 0.538. The number of hydrogen-bond donors (Lipinski definition) is 0. The van der Waals surface area contributed by atoms with Gasteiger partial charge in [0.15, 0.2) is 6.61 Å². The van der Waals surface area contributed by atoms with Crippen molar-refractivity contribution in [1.82, 2.24) is 4.31 Å². The smallest absolute Gasteiger partial charge is 0.344 e. The van der Waals surface area contributed by atoms with Crippen molar-refractivity contribution in [3.05, 3.63) is 17.5 Å². The largest absolute Gasteiger partial charge is 0.466 e. The van der Waals surface area contributed by atoms with Gasteiger partial charge in [0.05, 0.1) is 13.0 Å². The molecule has 122 valence electrons. The summed E-state index contributed by atoms with van der Waals surface area (Å²) < 4.78 is 35.6. The van der Waals surface area contributed by atoms with E-state index < -0.39 is 28.6 Å². The van der Waals surface area contributed by atoms with Crippen LogP contribution in [0.5, 0.6) is 0 Å². The van der Waals surface area contributed by atoms with Gasteiger partial charge in [-0.15, -0.1) is 11.3 Å². The average molecular weight is 347 g/mol. The summed E-state index contributed by atoms with van der Waals surface area (Å²) in [5.41, 5.74) is 0.